The van der Waals surface area contributed by atoms with Crippen LogP contribution < -0.4 is 5.11 Å². The third kappa shape index (κ3) is 17.0. The van der Waals surface area contributed by atoms with Crippen LogP contribution in [0.1, 0.15) is 96.8 Å². The standard InChI is InChI=1S/C25H47NO5/c1-5-6-7-8-9-10-11-12-13-14-15-16-17-18-22(27)19-23(28)25(31,20-24(29)30)21-26(2,3)4/h12-13,22,27,31H,5-11,14-21H2,1-4H3/b13-12-. The van der Waals surface area contributed by atoms with Crippen molar-refractivity contribution in [3.8, 4) is 0 Å². The van der Waals surface area contributed by atoms with Crippen LogP contribution in [0.2, 0.25) is 0 Å². The molecule has 0 rings (SSSR count). The maximum absolute atomic E-state index is 12.5. The first-order chi connectivity index (χ1) is 14.5. The number of nitrogens with zero attached hydrogens (tertiary/aromatic N) is 1. The topological polar surface area (TPSA) is 97.7 Å². The Bertz CT molecular complexity index is 526. The van der Waals surface area contributed by atoms with Crippen LogP contribution in [0.15, 0.2) is 12.2 Å². The lowest BCUT2D eigenvalue weighted by atomic mass is 9.88. The molecule has 2 unspecified atom stereocenters. The average Bonchev–Trinajstić information content (AvgIpc) is 2.63. The minimum atomic E-state index is -2.02. The quantitative estimate of drug-likeness (QED) is 0.172. The van der Waals surface area contributed by atoms with Crippen LogP contribution in [0.3, 0.4) is 0 Å². The number of hydrogen-bond donors (Lipinski definition) is 2. The summed E-state index contributed by atoms with van der Waals surface area (Å²) in [6, 6.07) is 0. The van der Waals surface area contributed by atoms with E-state index in [1.165, 1.54) is 38.5 Å². The third-order valence-electron chi connectivity index (χ3n) is 5.41. The summed E-state index contributed by atoms with van der Waals surface area (Å²) in [5, 5.41) is 31.8. The number of unbranched alkanes of at least 4 members (excludes halogenated alkanes) is 9. The minimum absolute atomic E-state index is 0.0440. The molecule has 2 atom stereocenters. The number of ketones is 1. The summed E-state index contributed by atoms with van der Waals surface area (Å²) >= 11 is 0. The van der Waals surface area contributed by atoms with E-state index in [1.54, 1.807) is 21.1 Å². The first-order valence-electron chi connectivity index (χ1n) is 12.1. The molecule has 0 aliphatic carbocycles. The summed E-state index contributed by atoms with van der Waals surface area (Å²) in [4.78, 5) is 23.5. The van der Waals surface area contributed by atoms with Crippen molar-refractivity contribution < 1.29 is 29.4 Å². The zero-order valence-corrected chi connectivity index (χ0v) is 20.4. The highest BCUT2D eigenvalue weighted by Crippen LogP contribution is 2.20. The van der Waals surface area contributed by atoms with Crippen molar-refractivity contribution >= 4 is 11.8 Å². The van der Waals surface area contributed by atoms with Crippen LogP contribution in [0.4, 0.5) is 0 Å². The first-order valence-corrected chi connectivity index (χ1v) is 12.1. The van der Waals surface area contributed by atoms with Gasteiger partial charge in [0.15, 0.2) is 11.4 Å². The largest absolute Gasteiger partial charge is 0.550 e. The van der Waals surface area contributed by atoms with Crippen molar-refractivity contribution in [2.24, 2.45) is 0 Å². The molecule has 0 aromatic carbocycles. The van der Waals surface area contributed by atoms with Crippen molar-refractivity contribution in [3.05, 3.63) is 12.2 Å². The Balaban J connectivity index is 4.03. The number of allylic oxidation sites excluding steroid dienone is 2. The zero-order chi connectivity index (χ0) is 23.8. The van der Waals surface area contributed by atoms with Gasteiger partial charge in [0.1, 0.15) is 6.54 Å². The van der Waals surface area contributed by atoms with Crippen LogP contribution in [0.5, 0.6) is 0 Å². The second-order valence-electron chi connectivity index (χ2n) is 9.98. The lowest BCUT2D eigenvalue weighted by Crippen LogP contribution is -2.56. The highest BCUT2D eigenvalue weighted by atomic mass is 16.4. The number of carbonyl (C=O) groups excluding carboxylic acids is 2. The van der Waals surface area contributed by atoms with Crippen LogP contribution in [0, 0.1) is 0 Å². The molecule has 0 aliphatic rings. The lowest BCUT2D eigenvalue weighted by Gasteiger charge is -2.35. The highest BCUT2D eigenvalue weighted by molar-refractivity contribution is 5.91. The van der Waals surface area contributed by atoms with E-state index in [4.69, 9.17) is 0 Å². The Morgan fingerprint density at radius 1 is 0.935 bits per heavy atom. The van der Waals surface area contributed by atoms with Crippen molar-refractivity contribution in [1.82, 2.24) is 0 Å². The molecule has 31 heavy (non-hydrogen) atoms. The predicted molar refractivity (Wildman–Crippen MR) is 123 cm³/mol. The van der Waals surface area contributed by atoms with E-state index in [-0.39, 0.29) is 17.4 Å². The van der Waals surface area contributed by atoms with E-state index in [2.05, 4.69) is 19.1 Å². The number of Topliss-reactive ketones (excluding diaryl/α,β-unsaturated/α-hetero) is 1. The number of quaternary nitrogens is 1. The van der Waals surface area contributed by atoms with Gasteiger partial charge in [0.05, 0.1) is 27.2 Å². The van der Waals surface area contributed by atoms with Crippen LogP contribution in [-0.4, -0.2) is 65.8 Å². The maximum Gasteiger partial charge on any atom is 0.177 e. The summed E-state index contributed by atoms with van der Waals surface area (Å²) in [6.45, 7) is 2.19. The minimum Gasteiger partial charge on any atom is -0.550 e. The van der Waals surface area contributed by atoms with E-state index in [9.17, 15) is 24.9 Å². The van der Waals surface area contributed by atoms with Gasteiger partial charge in [-0.15, -0.1) is 0 Å². The smallest absolute Gasteiger partial charge is 0.177 e. The SMILES string of the molecule is CCCCCCCC/C=C\CCCCCC(O)CC(=O)C(O)(CC(=O)[O-])C[N+](C)(C)C. The van der Waals surface area contributed by atoms with E-state index in [0.717, 1.165) is 32.1 Å². The maximum atomic E-state index is 12.5. The molecular weight excluding hydrogens is 394 g/mol. The van der Waals surface area contributed by atoms with Crippen LogP contribution >= 0.6 is 0 Å². The first kappa shape index (κ1) is 29.8. The molecule has 0 amide bonds. The third-order valence-corrected chi connectivity index (χ3v) is 5.41. The number of likely N-dealkylation sites (N-methyl/N-ethyl adjacent to an activating group) is 1. The van der Waals surface area contributed by atoms with Gasteiger partial charge in [0, 0.05) is 18.8 Å². The number of hydrogen-bond acceptors (Lipinski definition) is 5. The molecule has 0 spiro atoms. The summed E-state index contributed by atoms with van der Waals surface area (Å²) < 4.78 is 0.234. The number of aliphatic hydroxyl groups is 2. The fourth-order valence-corrected chi connectivity index (χ4v) is 3.87. The van der Waals surface area contributed by atoms with Gasteiger partial charge in [0.25, 0.3) is 0 Å². The fourth-order valence-electron chi connectivity index (χ4n) is 3.87. The van der Waals surface area contributed by atoms with Gasteiger partial charge < -0.3 is 24.6 Å². The summed E-state index contributed by atoms with van der Waals surface area (Å²) in [5.74, 6) is -2.10. The van der Waals surface area contributed by atoms with Crippen molar-refractivity contribution in [1.29, 1.82) is 0 Å². The number of aliphatic carboxylic acids is 1. The molecule has 0 aromatic heterocycles. The molecule has 0 bridgehead atoms. The molecule has 0 fully saturated rings. The van der Waals surface area contributed by atoms with Gasteiger partial charge in [-0.05, 0) is 32.1 Å². The Labute approximate surface area is 189 Å². The molecule has 2 N–H and O–H groups in total. The van der Waals surface area contributed by atoms with E-state index in [1.807, 2.05) is 0 Å². The van der Waals surface area contributed by atoms with Gasteiger partial charge in [-0.25, -0.2) is 0 Å². The summed E-state index contributed by atoms with van der Waals surface area (Å²) in [7, 11) is 5.31. The summed E-state index contributed by atoms with van der Waals surface area (Å²) in [5.41, 5.74) is -2.02. The van der Waals surface area contributed by atoms with Gasteiger partial charge in [-0.1, -0.05) is 64.0 Å². The number of carbonyl (C=O) groups is 2. The number of rotatable bonds is 20. The zero-order valence-electron chi connectivity index (χ0n) is 20.4. The molecule has 0 aromatic rings. The second kappa shape index (κ2) is 16.4. The number of carboxylic acid groups (broad SMARTS) is 1. The van der Waals surface area contributed by atoms with E-state index < -0.39 is 29.9 Å². The number of aliphatic hydroxyl groups excluding tert-OH is 1. The van der Waals surface area contributed by atoms with Crippen molar-refractivity contribution in [2.75, 3.05) is 27.7 Å². The normalized spacial score (nSPS) is 15.2. The Morgan fingerprint density at radius 3 is 1.97 bits per heavy atom. The Kier molecular flexibility index (Phi) is 15.7. The summed E-state index contributed by atoms with van der Waals surface area (Å²) in [6.07, 6.45) is 16.0. The lowest BCUT2D eigenvalue weighted by molar-refractivity contribution is -0.875. The number of carboxylic acids is 1. The van der Waals surface area contributed by atoms with E-state index >= 15 is 0 Å². The average molecular weight is 442 g/mol. The van der Waals surface area contributed by atoms with E-state index in [0.29, 0.717) is 6.42 Å². The molecule has 6 heteroatoms. The Hall–Kier alpha value is -1.24. The highest BCUT2D eigenvalue weighted by Gasteiger charge is 2.41. The molecule has 0 saturated carbocycles. The van der Waals surface area contributed by atoms with Gasteiger partial charge >= 0.3 is 0 Å². The predicted octanol–water partition coefficient (Wildman–Crippen LogP) is 3.14. The second-order valence-corrected chi connectivity index (χ2v) is 9.98. The Morgan fingerprint density at radius 2 is 1.45 bits per heavy atom. The molecule has 0 radical (unpaired) electrons. The van der Waals surface area contributed by atoms with Crippen molar-refractivity contribution in [3.63, 3.8) is 0 Å². The molecule has 6 nitrogen and oxygen atoms in total. The van der Waals surface area contributed by atoms with Gasteiger partial charge in [0.2, 0.25) is 0 Å². The van der Waals surface area contributed by atoms with Crippen molar-refractivity contribution in [2.45, 2.75) is 109 Å². The van der Waals surface area contributed by atoms with Gasteiger partial charge in [-0.2, -0.15) is 0 Å². The molecule has 182 valence electrons. The molecule has 0 heterocycles. The van der Waals surface area contributed by atoms with Crippen LogP contribution in [0.25, 0.3) is 0 Å². The fraction of sp³-hybridized carbons (Fsp3) is 0.840. The van der Waals surface area contributed by atoms with Gasteiger partial charge in [-0.3, -0.25) is 4.79 Å². The monoisotopic (exact) mass is 441 g/mol. The molecule has 0 aliphatic heterocycles. The molecule has 0 saturated heterocycles. The van der Waals surface area contributed by atoms with Crippen LogP contribution in [-0.2, 0) is 9.59 Å². The molecular formula is C25H47NO5.